The number of benzene rings is 2. The van der Waals surface area contributed by atoms with Gasteiger partial charge >= 0.3 is 12.6 Å². The molecule has 8 nitrogen and oxygen atoms in total. The summed E-state index contributed by atoms with van der Waals surface area (Å²) < 4.78 is 35.1. The van der Waals surface area contributed by atoms with Crippen molar-refractivity contribution in [3.05, 3.63) is 53.6 Å². The molecule has 2 aromatic carbocycles. The highest BCUT2D eigenvalue weighted by molar-refractivity contribution is 5.89. The Morgan fingerprint density at radius 1 is 1.06 bits per heavy atom. The number of alkyl halides is 2. The molecule has 0 aliphatic carbocycles. The minimum Gasteiger partial charge on any atom is -0.497 e. The molecule has 0 spiro atoms. The largest absolute Gasteiger partial charge is 0.497 e. The van der Waals surface area contributed by atoms with Gasteiger partial charge in [-0.1, -0.05) is 12.1 Å². The van der Waals surface area contributed by atoms with Crippen LogP contribution in [0.5, 0.6) is 11.5 Å². The number of ether oxygens (including phenoxy) is 2. The zero-order valence-corrected chi connectivity index (χ0v) is 18.5. The van der Waals surface area contributed by atoms with Gasteiger partial charge in [-0.2, -0.15) is 8.78 Å². The lowest BCUT2D eigenvalue weighted by Crippen LogP contribution is -2.36. The van der Waals surface area contributed by atoms with Crippen LogP contribution in [0.2, 0.25) is 0 Å². The second kappa shape index (κ2) is 12.3. The minimum atomic E-state index is -2.92. The summed E-state index contributed by atoms with van der Waals surface area (Å²) >= 11 is 0. The van der Waals surface area contributed by atoms with E-state index in [4.69, 9.17) is 4.74 Å². The van der Waals surface area contributed by atoms with Gasteiger partial charge in [-0.15, -0.1) is 0 Å². The third-order valence-corrected chi connectivity index (χ3v) is 4.25. The lowest BCUT2D eigenvalue weighted by atomic mass is 10.2. The zero-order valence-electron chi connectivity index (χ0n) is 18.5. The molecular weight excluding hydrogens is 420 g/mol. The number of nitrogens with one attached hydrogen (secondary N) is 4. The van der Waals surface area contributed by atoms with Gasteiger partial charge < -0.3 is 30.7 Å². The molecule has 4 N–H and O–H groups in total. The lowest BCUT2D eigenvalue weighted by Gasteiger charge is -2.15. The first-order chi connectivity index (χ1) is 15.3. The summed E-state index contributed by atoms with van der Waals surface area (Å²) in [4.78, 5) is 15.9. The SMILES string of the molecule is CN=C(NCc1ccc(NC(=O)NC(C)C)cc1)NCc1cc(OC)ccc1OC(F)F. The normalized spacial score (nSPS) is 11.3. The number of carbonyl (C=O) groups excluding carboxylic acids is 1. The molecule has 0 unspecified atom stereocenters. The van der Waals surface area contributed by atoms with E-state index in [1.165, 1.54) is 13.2 Å². The van der Waals surface area contributed by atoms with E-state index in [2.05, 4.69) is 31.0 Å². The van der Waals surface area contributed by atoms with Crippen LogP contribution in [-0.4, -0.2) is 38.8 Å². The average Bonchev–Trinajstić information content (AvgIpc) is 2.74. The van der Waals surface area contributed by atoms with E-state index in [0.717, 1.165) is 5.56 Å². The summed E-state index contributed by atoms with van der Waals surface area (Å²) in [5.74, 6) is 1.07. The van der Waals surface area contributed by atoms with Gasteiger partial charge in [-0.3, -0.25) is 4.99 Å². The molecule has 0 bridgehead atoms. The van der Waals surface area contributed by atoms with Crippen molar-refractivity contribution in [2.45, 2.75) is 39.6 Å². The number of anilines is 1. The molecule has 0 aliphatic rings. The molecule has 2 aromatic rings. The molecule has 0 saturated carbocycles. The molecule has 0 heterocycles. The second-order valence-electron chi connectivity index (χ2n) is 7.08. The number of urea groups is 1. The molecule has 174 valence electrons. The molecule has 32 heavy (non-hydrogen) atoms. The highest BCUT2D eigenvalue weighted by Gasteiger charge is 2.12. The molecule has 0 radical (unpaired) electrons. The maximum atomic E-state index is 12.7. The van der Waals surface area contributed by atoms with Gasteiger partial charge in [0.2, 0.25) is 0 Å². The zero-order chi connectivity index (χ0) is 23.5. The minimum absolute atomic E-state index is 0.0488. The van der Waals surface area contributed by atoms with E-state index in [-0.39, 0.29) is 24.4 Å². The molecule has 10 heteroatoms. The van der Waals surface area contributed by atoms with Crippen LogP contribution in [0.1, 0.15) is 25.0 Å². The highest BCUT2D eigenvalue weighted by atomic mass is 19.3. The van der Waals surface area contributed by atoms with Crippen LogP contribution in [0.3, 0.4) is 0 Å². The molecule has 2 rings (SSSR count). The molecule has 0 aliphatic heterocycles. The van der Waals surface area contributed by atoms with Crippen molar-refractivity contribution in [2.24, 2.45) is 4.99 Å². The summed E-state index contributed by atoms with van der Waals surface area (Å²) in [7, 11) is 3.11. The van der Waals surface area contributed by atoms with Gasteiger partial charge in [0, 0.05) is 37.4 Å². The number of hydrogen-bond donors (Lipinski definition) is 4. The van der Waals surface area contributed by atoms with E-state index in [9.17, 15) is 13.6 Å². The fourth-order valence-electron chi connectivity index (χ4n) is 2.75. The van der Waals surface area contributed by atoms with Crippen LogP contribution in [0.15, 0.2) is 47.5 Å². The van der Waals surface area contributed by atoms with Crippen LogP contribution < -0.4 is 30.7 Å². The van der Waals surface area contributed by atoms with E-state index in [0.29, 0.717) is 29.5 Å². The quantitative estimate of drug-likeness (QED) is 0.346. The summed E-state index contributed by atoms with van der Waals surface area (Å²) in [6, 6.07) is 11.8. The van der Waals surface area contributed by atoms with Gasteiger partial charge in [-0.25, -0.2) is 4.79 Å². The summed E-state index contributed by atoms with van der Waals surface area (Å²) in [5.41, 5.74) is 2.15. The second-order valence-corrected chi connectivity index (χ2v) is 7.08. The van der Waals surface area contributed by atoms with Crippen molar-refractivity contribution >= 4 is 17.7 Å². The first-order valence-corrected chi connectivity index (χ1v) is 10.0. The van der Waals surface area contributed by atoms with Gasteiger partial charge in [0.25, 0.3) is 0 Å². The maximum Gasteiger partial charge on any atom is 0.387 e. The molecule has 0 aromatic heterocycles. The lowest BCUT2D eigenvalue weighted by molar-refractivity contribution is -0.0505. The summed E-state index contributed by atoms with van der Waals surface area (Å²) in [6.07, 6.45) is 0. The number of methoxy groups -OCH3 is 1. The maximum absolute atomic E-state index is 12.7. The van der Waals surface area contributed by atoms with Crippen LogP contribution in [0, 0.1) is 0 Å². The van der Waals surface area contributed by atoms with Crippen LogP contribution in [0.4, 0.5) is 19.3 Å². The Balaban J connectivity index is 1.91. The summed E-state index contributed by atoms with van der Waals surface area (Å²) in [6.45, 7) is 1.52. The standard InChI is InChI=1S/C22H29F2N5O3/c1-14(2)28-22(30)29-17-7-5-15(6-8-17)12-26-21(25-3)27-13-16-11-18(31-4)9-10-19(16)32-20(23)24/h5-11,14,20H,12-13H2,1-4H3,(H2,25,26,27)(H2,28,29,30). The van der Waals surface area contributed by atoms with Crippen LogP contribution >= 0.6 is 0 Å². The molecule has 0 saturated heterocycles. The van der Waals surface area contributed by atoms with Crippen molar-refractivity contribution in [1.82, 2.24) is 16.0 Å². The number of aliphatic imine (C=N–C) groups is 1. The number of halogens is 2. The number of hydrogen-bond acceptors (Lipinski definition) is 4. The number of carbonyl (C=O) groups is 1. The smallest absolute Gasteiger partial charge is 0.387 e. The van der Waals surface area contributed by atoms with Crippen molar-refractivity contribution in [2.75, 3.05) is 19.5 Å². The van der Waals surface area contributed by atoms with E-state index in [1.807, 2.05) is 26.0 Å². The Morgan fingerprint density at radius 2 is 1.75 bits per heavy atom. The Kier molecular flexibility index (Phi) is 9.52. The van der Waals surface area contributed by atoms with Crippen LogP contribution in [-0.2, 0) is 13.1 Å². The van der Waals surface area contributed by atoms with Crippen LogP contribution in [0.25, 0.3) is 0 Å². The first kappa shape index (κ1) is 24.7. The predicted octanol–water partition coefficient (Wildman–Crippen LogP) is 3.69. The molecular formula is C22H29F2N5O3. The fourth-order valence-corrected chi connectivity index (χ4v) is 2.75. The number of guanidine groups is 1. The van der Waals surface area contributed by atoms with E-state index in [1.54, 1.807) is 31.3 Å². The van der Waals surface area contributed by atoms with Crippen molar-refractivity contribution < 1.29 is 23.0 Å². The Morgan fingerprint density at radius 3 is 2.34 bits per heavy atom. The Bertz CT molecular complexity index is 905. The van der Waals surface area contributed by atoms with Gasteiger partial charge in [0.15, 0.2) is 5.96 Å². The van der Waals surface area contributed by atoms with Gasteiger partial charge in [0.05, 0.1) is 7.11 Å². The Labute approximate surface area is 186 Å². The van der Waals surface area contributed by atoms with Crippen molar-refractivity contribution in [3.63, 3.8) is 0 Å². The molecule has 0 fully saturated rings. The molecule has 0 atom stereocenters. The van der Waals surface area contributed by atoms with Crippen molar-refractivity contribution in [3.8, 4) is 11.5 Å². The average molecular weight is 450 g/mol. The van der Waals surface area contributed by atoms with Gasteiger partial charge in [-0.05, 0) is 49.7 Å². The fraction of sp³-hybridized carbons (Fsp3) is 0.364. The summed E-state index contributed by atoms with van der Waals surface area (Å²) in [5, 5.41) is 11.7. The van der Waals surface area contributed by atoms with E-state index < -0.39 is 6.61 Å². The van der Waals surface area contributed by atoms with Crippen molar-refractivity contribution in [1.29, 1.82) is 0 Å². The number of rotatable bonds is 9. The van der Waals surface area contributed by atoms with Gasteiger partial charge in [0.1, 0.15) is 11.5 Å². The number of nitrogens with zero attached hydrogens (tertiary/aromatic N) is 1. The monoisotopic (exact) mass is 449 g/mol. The predicted molar refractivity (Wildman–Crippen MR) is 120 cm³/mol. The number of amides is 2. The molecule has 2 amide bonds. The topological polar surface area (TPSA) is 96.0 Å². The Hall–Kier alpha value is -3.56. The van der Waals surface area contributed by atoms with E-state index >= 15 is 0 Å². The third-order valence-electron chi connectivity index (χ3n) is 4.25. The highest BCUT2D eigenvalue weighted by Crippen LogP contribution is 2.25. The third kappa shape index (κ3) is 8.29. The first-order valence-electron chi connectivity index (χ1n) is 10.0.